The van der Waals surface area contributed by atoms with Crippen molar-refractivity contribution in [2.75, 3.05) is 20.1 Å². The van der Waals surface area contributed by atoms with Gasteiger partial charge in [-0.3, -0.25) is 4.79 Å². The van der Waals surface area contributed by atoms with Crippen LogP contribution in [0.25, 0.3) is 21.9 Å². The molecule has 0 heterocycles. The molecule has 0 aliphatic heterocycles. The van der Waals surface area contributed by atoms with Gasteiger partial charge in [0.25, 0.3) is 0 Å². The van der Waals surface area contributed by atoms with Gasteiger partial charge in [0.1, 0.15) is 5.82 Å². The van der Waals surface area contributed by atoms with Gasteiger partial charge in [0.05, 0.1) is 6.42 Å². The number of hydrogen-bond acceptors (Lipinski definition) is 3. The lowest BCUT2D eigenvalue weighted by Crippen LogP contribution is -2.49. The maximum atomic E-state index is 13.5. The lowest BCUT2D eigenvalue weighted by atomic mass is 9.98. The van der Waals surface area contributed by atoms with Gasteiger partial charge in [0, 0.05) is 25.2 Å². The van der Waals surface area contributed by atoms with Crippen molar-refractivity contribution < 1.29 is 9.18 Å². The number of likely N-dealkylation sites (N-methyl/N-ethyl adjacent to an activating group) is 1. The second-order valence-electron chi connectivity index (χ2n) is 10.8. The monoisotopic (exact) mass is 559 g/mol. The number of halogens is 1. The Hall–Kier alpha value is -4.32. The standard InChI is InChI=1S/C37H38FN3O/c1-39-25-34(22-27-16-20-33(38)21-17-27)40-26-35(24-32-12-7-11-31-10-5-6-13-36(31)32)41-37(42)23-28-14-18-30(19-15-28)29-8-3-2-4-9-29/h2-21,34-35,39-40H,22-26H2,1H3,(H,41,42)/t34-,35-/m0/s1. The Morgan fingerprint density at radius 1 is 0.667 bits per heavy atom. The molecule has 214 valence electrons. The zero-order valence-electron chi connectivity index (χ0n) is 24.0. The topological polar surface area (TPSA) is 53.2 Å². The smallest absolute Gasteiger partial charge is 0.224 e. The van der Waals surface area contributed by atoms with Crippen LogP contribution in [0, 0.1) is 5.82 Å². The zero-order valence-corrected chi connectivity index (χ0v) is 24.0. The lowest BCUT2D eigenvalue weighted by Gasteiger charge is -2.25. The Bertz CT molecular complexity index is 1560. The molecule has 0 fully saturated rings. The van der Waals surface area contributed by atoms with Crippen LogP contribution in [0.3, 0.4) is 0 Å². The molecule has 0 aliphatic carbocycles. The molecule has 3 N–H and O–H groups in total. The van der Waals surface area contributed by atoms with Gasteiger partial charge in [0.15, 0.2) is 0 Å². The molecule has 0 radical (unpaired) electrons. The van der Waals surface area contributed by atoms with Crippen LogP contribution < -0.4 is 16.0 Å². The number of carbonyl (C=O) groups excluding carboxylic acids is 1. The Morgan fingerprint density at radius 2 is 1.33 bits per heavy atom. The predicted octanol–water partition coefficient (Wildman–Crippen LogP) is 6.34. The first-order chi connectivity index (χ1) is 20.6. The second-order valence-corrected chi connectivity index (χ2v) is 10.8. The average Bonchev–Trinajstić information content (AvgIpc) is 3.02. The number of benzene rings is 5. The molecule has 0 saturated heterocycles. The van der Waals surface area contributed by atoms with E-state index in [1.807, 2.05) is 55.6 Å². The quantitative estimate of drug-likeness (QED) is 0.158. The van der Waals surface area contributed by atoms with E-state index in [0.717, 1.165) is 35.2 Å². The van der Waals surface area contributed by atoms with E-state index < -0.39 is 0 Å². The third-order valence-electron chi connectivity index (χ3n) is 7.64. The van der Waals surface area contributed by atoms with Crippen LogP contribution in [-0.2, 0) is 24.1 Å². The summed E-state index contributed by atoms with van der Waals surface area (Å²) in [6.45, 7) is 1.36. The normalized spacial score (nSPS) is 12.6. The van der Waals surface area contributed by atoms with Crippen molar-refractivity contribution in [2.45, 2.75) is 31.3 Å². The van der Waals surface area contributed by atoms with Gasteiger partial charge in [-0.05, 0) is 70.6 Å². The molecule has 0 aliphatic rings. The Labute approximate surface area is 248 Å². The molecular weight excluding hydrogens is 521 g/mol. The molecule has 5 aromatic rings. The summed E-state index contributed by atoms with van der Waals surface area (Å²) < 4.78 is 13.5. The van der Waals surface area contributed by atoms with E-state index in [9.17, 15) is 9.18 Å². The number of rotatable bonds is 13. The highest BCUT2D eigenvalue weighted by atomic mass is 19.1. The molecule has 0 aromatic heterocycles. The fraction of sp³-hybridized carbons (Fsp3) is 0.216. The minimum atomic E-state index is -0.232. The first-order valence-electron chi connectivity index (χ1n) is 14.6. The molecule has 5 aromatic carbocycles. The summed E-state index contributed by atoms with van der Waals surface area (Å²) in [6, 6.07) is 39.9. The maximum Gasteiger partial charge on any atom is 0.224 e. The van der Waals surface area contributed by atoms with Crippen molar-refractivity contribution in [3.8, 4) is 11.1 Å². The lowest BCUT2D eigenvalue weighted by molar-refractivity contribution is -0.121. The van der Waals surface area contributed by atoms with E-state index >= 15 is 0 Å². The van der Waals surface area contributed by atoms with E-state index in [2.05, 4.69) is 76.6 Å². The molecule has 0 spiro atoms. The van der Waals surface area contributed by atoms with E-state index in [-0.39, 0.29) is 23.8 Å². The molecule has 42 heavy (non-hydrogen) atoms. The second kappa shape index (κ2) is 14.5. The first kappa shape index (κ1) is 29.2. The largest absolute Gasteiger partial charge is 0.351 e. The fourth-order valence-corrected chi connectivity index (χ4v) is 5.50. The van der Waals surface area contributed by atoms with Crippen LogP contribution in [0.4, 0.5) is 4.39 Å². The van der Waals surface area contributed by atoms with Gasteiger partial charge in [-0.2, -0.15) is 0 Å². The van der Waals surface area contributed by atoms with Gasteiger partial charge in [0.2, 0.25) is 5.91 Å². The molecule has 5 rings (SSSR count). The molecule has 1 amide bonds. The summed E-state index contributed by atoms with van der Waals surface area (Å²) in [6.07, 6.45) is 1.77. The van der Waals surface area contributed by atoms with Crippen LogP contribution in [0.5, 0.6) is 0 Å². The first-order valence-corrected chi connectivity index (χ1v) is 14.6. The van der Waals surface area contributed by atoms with E-state index in [4.69, 9.17) is 0 Å². The zero-order chi connectivity index (χ0) is 29.1. The van der Waals surface area contributed by atoms with Crippen LogP contribution >= 0.6 is 0 Å². The minimum absolute atomic E-state index is 0.00167. The Morgan fingerprint density at radius 3 is 2.10 bits per heavy atom. The van der Waals surface area contributed by atoms with Gasteiger partial charge >= 0.3 is 0 Å². The molecular formula is C37H38FN3O. The van der Waals surface area contributed by atoms with Gasteiger partial charge < -0.3 is 16.0 Å². The highest BCUT2D eigenvalue weighted by molar-refractivity contribution is 5.86. The summed E-state index contributed by atoms with van der Waals surface area (Å²) in [7, 11) is 1.93. The van der Waals surface area contributed by atoms with Crippen LogP contribution in [0.2, 0.25) is 0 Å². The summed E-state index contributed by atoms with van der Waals surface area (Å²) in [5.74, 6) is -0.234. The van der Waals surface area contributed by atoms with E-state index in [1.165, 1.54) is 28.5 Å². The summed E-state index contributed by atoms with van der Waals surface area (Å²) in [4.78, 5) is 13.3. The minimum Gasteiger partial charge on any atom is -0.351 e. The number of nitrogens with one attached hydrogen (secondary N) is 3. The number of fused-ring (bicyclic) bond motifs is 1. The molecule has 0 unspecified atom stereocenters. The molecule has 2 atom stereocenters. The van der Waals surface area contributed by atoms with Crippen LogP contribution in [0.1, 0.15) is 16.7 Å². The van der Waals surface area contributed by atoms with E-state index in [1.54, 1.807) is 0 Å². The van der Waals surface area contributed by atoms with Gasteiger partial charge in [-0.15, -0.1) is 0 Å². The van der Waals surface area contributed by atoms with Crippen molar-refractivity contribution >= 4 is 16.7 Å². The SMILES string of the molecule is CNC[C@H](Cc1ccc(F)cc1)NC[C@H](Cc1cccc2ccccc12)NC(=O)Cc1ccc(-c2ccccc2)cc1. The van der Waals surface area contributed by atoms with E-state index in [0.29, 0.717) is 19.4 Å². The van der Waals surface area contributed by atoms with Crippen molar-refractivity contribution in [3.63, 3.8) is 0 Å². The van der Waals surface area contributed by atoms with Crippen molar-refractivity contribution in [1.29, 1.82) is 0 Å². The fourth-order valence-electron chi connectivity index (χ4n) is 5.50. The summed E-state index contributed by atoms with van der Waals surface area (Å²) in [5.41, 5.74) is 5.54. The van der Waals surface area contributed by atoms with Crippen molar-refractivity contribution in [3.05, 3.63) is 144 Å². The molecule has 0 saturated carbocycles. The van der Waals surface area contributed by atoms with Gasteiger partial charge in [-0.1, -0.05) is 109 Å². The molecule has 4 nitrogen and oxygen atoms in total. The Kier molecular flexibility index (Phi) is 10.1. The maximum absolute atomic E-state index is 13.5. The van der Waals surface area contributed by atoms with Crippen LogP contribution in [0.15, 0.2) is 121 Å². The molecule has 5 heteroatoms. The number of hydrogen-bond donors (Lipinski definition) is 3. The number of amides is 1. The predicted molar refractivity (Wildman–Crippen MR) is 171 cm³/mol. The highest BCUT2D eigenvalue weighted by Crippen LogP contribution is 2.21. The van der Waals surface area contributed by atoms with Gasteiger partial charge in [-0.25, -0.2) is 4.39 Å². The third-order valence-corrected chi connectivity index (χ3v) is 7.64. The van der Waals surface area contributed by atoms with Crippen molar-refractivity contribution in [1.82, 2.24) is 16.0 Å². The third kappa shape index (κ3) is 8.12. The Balaban J connectivity index is 1.29. The number of carbonyl (C=O) groups is 1. The van der Waals surface area contributed by atoms with Crippen LogP contribution in [-0.4, -0.2) is 38.1 Å². The van der Waals surface area contributed by atoms with Crippen molar-refractivity contribution in [2.24, 2.45) is 0 Å². The molecule has 0 bridgehead atoms. The summed E-state index contributed by atoms with van der Waals surface area (Å²) in [5, 5.41) is 12.7. The summed E-state index contributed by atoms with van der Waals surface area (Å²) >= 11 is 0. The highest BCUT2D eigenvalue weighted by Gasteiger charge is 2.18. The average molecular weight is 560 g/mol.